The lowest BCUT2D eigenvalue weighted by molar-refractivity contribution is 0.0990. The van der Waals surface area contributed by atoms with Gasteiger partial charge in [-0.3, -0.25) is 9.59 Å². The molecule has 0 saturated heterocycles. The second-order valence-electron chi connectivity index (χ2n) is 11.1. The zero-order chi connectivity index (χ0) is 29.3. The maximum atomic E-state index is 15.0. The van der Waals surface area contributed by atoms with Gasteiger partial charge in [0.1, 0.15) is 18.7 Å². The highest BCUT2D eigenvalue weighted by molar-refractivity contribution is 7.28. The van der Waals surface area contributed by atoms with Gasteiger partial charge in [0.2, 0.25) is 0 Å². The van der Waals surface area contributed by atoms with E-state index in [1.54, 1.807) is 30.3 Å². The number of anilines is 3. The van der Waals surface area contributed by atoms with Gasteiger partial charge in [0.25, 0.3) is 0 Å². The third-order valence-electron chi connectivity index (χ3n) is 8.18. The van der Waals surface area contributed by atoms with Crippen molar-refractivity contribution in [3.8, 4) is 11.1 Å². The van der Waals surface area contributed by atoms with Crippen molar-refractivity contribution in [3.63, 3.8) is 0 Å². The molecule has 1 aromatic heterocycles. The van der Waals surface area contributed by atoms with Gasteiger partial charge in [-0.05, 0) is 64.5 Å². The predicted molar refractivity (Wildman–Crippen MR) is 174 cm³/mol. The van der Waals surface area contributed by atoms with E-state index < -0.39 is 5.41 Å². The largest absolute Gasteiger partial charge is 0.301 e. The molecule has 1 atom stereocenters. The summed E-state index contributed by atoms with van der Waals surface area (Å²) in [6, 6.07) is 28.2. The van der Waals surface area contributed by atoms with Crippen LogP contribution >= 0.6 is 20.6 Å². The first-order valence-corrected chi connectivity index (χ1v) is 14.9. The molecule has 202 valence electrons. The SMILES string of the molecule is [B]c1ccc2c(c1)C(=O)/C(=C/c1cc3c(s1)N(c1ccccc1)c1ccc(-c4c(F)cccc4P)cc1C3(C)C)C2=O. The molecule has 2 radical (unpaired) electrons. The molecule has 2 heterocycles. The maximum absolute atomic E-state index is 15.0. The number of para-hydroxylation sites is 1. The van der Waals surface area contributed by atoms with E-state index in [0.29, 0.717) is 22.2 Å². The van der Waals surface area contributed by atoms with Crippen LogP contribution in [-0.2, 0) is 5.41 Å². The van der Waals surface area contributed by atoms with Gasteiger partial charge >= 0.3 is 0 Å². The number of benzene rings is 4. The van der Waals surface area contributed by atoms with E-state index >= 15 is 4.39 Å². The van der Waals surface area contributed by atoms with Gasteiger partial charge in [-0.25, -0.2) is 4.39 Å². The molecule has 2 aliphatic rings. The number of hydrogen-bond donors (Lipinski definition) is 0. The molecule has 0 saturated carbocycles. The molecule has 5 aromatic rings. The van der Waals surface area contributed by atoms with E-state index in [4.69, 9.17) is 7.85 Å². The Balaban J connectivity index is 1.41. The van der Waals surface area contributed by atoms with Crippen molar-refractivity contribution in [2.45, 2.75) is 19.3 Å². The van der Waals surface area contributed by atoms with E-state index in [0.717, 1.165) is 43.2 Å². The quantitative estimate of drug-likeness (QED) is 0.0961. The molecular formula is C35H24BFNO2PS. The zero-order valence-corrected chi connectivity index (χ0v) is 24.9. The Hall–Kier alpha value is -4.12. The van der Waals surface area contributed by atoms with Crippen LogP contribution in [0.5, 0.6) is 0 Å². The summed E-state index contributed by atoms with van der Waals surface area (Å²) in [5.74, 6) is -0.861. The molecule has 7 rings (SSSR count). The molecular weight excluding hydrogens is 559 g/mol. The summed E-state index contributed by atoms with van der Waals surface area (Å²) in [6.45, 7) is 4.32. The first-order valence-electron chi connectivity index (χ1n) is 13.5. The van der Waals surface area contributed by atoms with Crippen molar-refractivity contribution in [1.82, 2.24) is 0 Å². The molecule has 0 bridgehead atoms. The Labute approximate surface area is 251 Å². The summed E-state index contributed by atoms with van der Waals surface area (Å²) in [5.41, 5.74) is 6.34. The number of carbonyl (C=O) groups excluding carboxylic acids is 2. The van der Waals surface area contributed by atoms with Gasteiger partial charge in [-0.1, -0.05) is 73.9 Å². The van der Waals surface area contributed by atoms with Crippen LogP contribution < -0.4 is 15.7 Å². The molecule has 0 spiro atoms. The number of Topliss-reactive ketones (excluding diaryl/α,β-unsaturated/α-hetero) is 2. The van der Waals surface area contributed by atoms with E-state index in [-0.39, 0.29) is 23.0 Å². The second-order valence-corrected chi connectivity index (χ2v) is 12.8. The fourth-order valence-corrected chi connectivity index (χ4v) is 7.73. The van der Waals surface area contributed by atoms with E-state index in [1.165, 1.54) is 17.4 Å². The third kappa shape index (κ3) is 4.05. The van der Waals surface area contributed by atoms with E-state index in [2.05, 4.69) is 58.3 Å². The van der Waals surface area contributed by atoms with Crippen molar-refractivity contribution in [2.24, 2.45) is 0 Å². The van der Waals surface area contributed by atoms with Crippen LogP contribution in [0.4, 0.5) is 20.8 Å². The Morgan fingerprint density at radius 1 is 0.857 bits per heavy atom. The Morgan fingerprint density at radius 2 is 1.62 bits per heavy atom. The summed E-state index contributed by atoms with van der Waals surface area (Å²) in [6.07, 6.45) is 1.71. The molecule has 3 nitrogen and oxygen atoms in total. The van der Waals surface area contributed by atoms with Crippen LogP contribution in [-0.4, -0.2) is 19.4 Å². The maximum Gasteiger partial charge on any atom is 0.197 e. The molecule has 0 N–H and O–H groups in total. The lowest BCUT2D eigenvalue weighted by atomic mass is 9.74. The average molecular weight is 583 g/mol. The standard InChI is InChI=1S/C35H24BFNO2PS/c1-35(2)26-15-19(31-28(37)9-6-10-30(31)41)11-14-29(26)38(21-7-4-3-5-8-21)34-27(35)18-22(42-34)17-25-32(39)23-13-12-20(36)16-24(23)33(25)40/h3-18H,41H2,1-2H3/b25-17+. The minimum atomic E-state index is -0.452. The number of thiophene rings is 1. The first-order chi connectivity index (χ1) is 20.1. The van der Waals surface area contributed by atoms with Gasteiger partial charge in [0.15, 0.2) is 11.6 Å². The number of carbonyl (C=O) groups is 2. The minimum absolute atomic E-state index is 0.144. The zero-order valence-electron chi connectivity index (χ0n) is 22.9. The molecule has 1 unspecified atom stereocenters. The minimum Gasteiger partial charge on any atom is -0.301 e. The van der Waals surface area contributed by atoms with Gasteiger partial charge in [-0.15, -0.1) is 20.6 Å². The normalized spacial score (nSPS) is 16.0. The van der Waals surface area contributed by atoms with Crippen LogP contribution in [0.15, 0.2) is 96.6 Å². The first kappa shape index (κ1) is 26.8. The predicted octanol–water partition coefficient (Wildman–Crippen LogP) is 7.42. The van der Waals surface area contributed by atoms with E-state index in [9.17, 15) is 9.59 Å². The fourth-order valence-electron chi connectivity index (χ4n) is 6.02. The van der Waals surface area contributed by atoms with Gasteiger partial charge < -0.3 is 4.90 Å². The number of rotatable bonds is 3. The molecule has 1 aliphatic heterocycles. The monoisotopic (exact) mass is 583 g/mol. The van der Waals surface area contributed by atoms with Crippen LogP contribution in [0.3, 0.4) is 0 Å². The number of allylic oxidation sites excluding steroid dienone is 1. The third-order valence-corrected chi connectivity index (χ3v) is 9.72. The Bertz CT molecular complexity index is 1980. The highest BCUT2D eigenvalue weighted by Gasteiger charge is 2.40. The number of halogens is 1. The lowest BCUT2D eigenvalue weighted by Gasteiger charge is -2.40. The second kappa shape index (κ2) is 9.73. The number of hydrogen-bond acceptors (Lipinski definition) is 4. The number of fused-ring (bicyclic) bond motifs is 3. The summed E-state index contributed by atoms with van der Waals surface area (Å²) in [5, 5.41) is 1.80. The van der Waals surface area contributed by atoms with Crippen molar-refractivity contribution >= 4 is 73.2 Å². The van der Waals surface area contributed by atoms with Gasteiger partial charge in [-0.2, -0.15) is 0 Å². The summed E-state index contributed by atoms with van der Waals surface area (Å²) >= 11 is 1.54. The number of nitrogens with zero attached hydrogens (tertiary/aromatic N) is 1. The van der Waals surface area contributed by atoms with Crippen molar-refractivity contribution in [2.75, 3.05) is 4.90 Å². The van der Waals surface area contributed by atoms with Gasteiger partial charge in [0, 0.05) is 32.7 Å². The average Bonchev–Trinajstić information content (AvgIpc) is 3.49. The molecule has 4 aromatic carbocycles. The van der Waals surface area contributed by atoms with Crippen molar-refractivity contribution in [1.29, 1.82) is 0 Å². The smallest absolute Gasteiger partial charge is 0.197 e. The molecule has 42 heavy (non-hydrogen) atoms. The summed E-state index contributed by atoms with van der Waals surface area (Å²) in [4.78, 5) is 29.5. The molecule has 0 amide bonds. The van der Waals surface area contributed by atoms with Crippen LogP contribution in [0, 0.1) is 5.82 Å². The van der Waals surface area contributed by atoms with Crippen molar-refractivity contribution < 1.29 is 14.0 Å². The highest BCUT2D eigenvalue weighted by atomic mass is 32.1. The van der Waals surface area contributed by atoms with Gasteiger partial charge in [0.05, 0.1) is 11.3 Å². The summed E-state index contributed by atoms with van der Waals surface area (Å²) in [7, 11) is 8.54. The molecule has 1 aliphatic carbocycles. The van der Waals surface area contributed by atoms with Crippen molar-refractivity contribution in [3.05, 3.63) is 130 Å². The fraction of sp³-hybridized carbons (Fsp3) is 0.0857. The van der Waals surface area contributed by atoms with Crippen LogP contribution in [0.1, 0.15) is 50.6 Å². The Morgan fingerprint density at radius 3 is 2.38 bits per heavy atom. The summed E-state index contributed by atoms with van der Waals surface area (Å²) < 4.78 is 15.0. The van der Waals surface area contributed by atoms with Crippen LogP contribution in [0.2, 0.25) is 0 Å². The topological polar surface area (TPSA) is 37.4 Å². The molecule has 0 fully saturated rings. The van der Waals surface area contributed by atoms with Crippen LogP contribution in [0.25, 0.3) is 17.2 Å². The lowest BCUT2D eigenvalue weighted by Crippen LogP contribution is -2.29. The Kier molecular flexibility index (Phi) is 6.20. The molecule has 7 heteroatoms. The number of ketones is 2. The van der Waals surface area contributed by atoms with E-state index in [1.807, 2.05) is 30.3 Å². The highest BCUT2D eigenvalue weighted by Crippen LogP contribution is 2.56.